The van der Waals surface area contributed by atoms with Crippen LogP contribution in [0.25, 0.3) is 0 Å². The van der Waals surface area contributed by atoms with Gasteiger partial charge < -0.3 is 4.74 Å². The topological polar surface area (TPSA) is 29.5 Å². The normalized spacial score (nSPS) is 15.9. The molecule has 1 aromatic carbocycles. The highest BCUT2D eigenvalue weighted by molar-refractivity contribution is 5.94. The number of carbonyl (C=O) groups excluding carboxylic acids is 1. The molecule has 0 atom stereocenters. The van der Waals surface area contributed by atoms with Crippen LogP contribution in [0.3, 0.4) is 0 Å². The van der Waals surface area contributed by atoms with Crippen molar-refractivity contribution in [2.75, 3.05) is 26.2 Å². The first-order chi connectivity index (χ1) is 8.66. The van der Waals surface area contributed by atoms with E-state index in [1.54, 1.807) is 6.92 Å². The first-order valence-corrected chi connectivity index (χ1v) is 6.63. The molecule has 0 aliphatic carbocycles. The van der Waals surface area contributed by atoms with E-state index >= 15 is 0 Å². The van der Waals surface area contributed by atoms with Gasteiger partial charge in [-0.25, -0.2) is 0 Å². The summed E-state index contributed by atoms with van der Waals surface area (Å²) >= 11 is 0. The molecule has 1 aromatic rings. The van der Waals surface area contributed by atoms with Crippen LogP contribution in [0.15, 0.2) is 18.2 Å². The zero-order chi connectivity index (χ0) is 13.0. The van der Waals surface area contributed by atoms with Crippen molar-refractivity contribution in [2.45, 2.75) is 26.7 Å². The zero-order valence-electron chi connectivity index (χ0n) is 11.2. The van der Waals surface area contributed by atoms with Crippen molar-refractivity contribution in [3.05, 3.63) is 29.3 Å². The number of benzene rings is 1. The van der Waals surface area contributed by atoms with Crippen LogP contribution in [0, 0.1) is 6.92 Å². The summed E-state index contributed by atoms with van der Waals surface area (Å²) in [4.78, 5) is 13.7. The van der Waals surface area contributed by atoms with E-state index in [1.165, 1.54) is 25.9 Å². The summed E-state index contributed by atoms with van der Waals surface area (Å²) in [7, 11) is 0. The molecule has 0 saturated carbocycles. The SMILES string of the molecule is CC(=O)c1ccc(OCCN2CCCC2)c(C)c1. The van der Waals surface area contributed by atoms with Crippen LogP contribution in [0.1, 0.15) is 35.7 Å². The van der Waals surface area contributed by atoms with Crippen LogP contribution < -0.4 is 4.74 Å². The van der Waals surface area contributed by atoms with E-state index in [0.29, 0.717) is 0 Å². The Hall–Kier alpha value is -1.35. The predicted molar refractivity (Wildman–Crippen MR) is 72.4 cm³/mol. The minimum atomic E-state index is 0.0988. The standard InChI is InChI=1S/C15H21NO2/c1-12-11-14(13(2)17)5-6-15(12)18-10-9-16-7-3-4-8-16/h5-6,11H,3-4,7-10H2,1-2H3. The fraction of sp³-hybridized carbons (Fsp3) is 0.533. The Morgan fingerprint density at radius 3 is 2.67 bits per heavy atom. The fourth-order valence-electron chi connectivity index (χ4n) is 2.32. The summed E-state index contributed by atoms with van der Waals surface area (Å²) in [5, 5.41) is 0. The smallest absolute Gasteiger partial charge is 0.159 e. The Morgan fingerprint density at radius 1 is 1.33 bits per heavy atom. The molecule has 2 rings (SSSR count). The van der Waals surface area contributed by atoms with Gasteiger partial charge in [0.15, 0.2) is 5.78 Å². The van der Waals surface area contributed by atoms with Gasteiger partial charge in [-0.15, -0.1) is 0 Å². The molecule has 0 unspecified atom stereocenters. The van der Waals surface area contributed by atoms with Crippen LogP contribution in [0.4, 0.5) is 0 Å². The second-order valence-electron chi connectivity index (χ2n) is 4.93. The van der Waals surface area contributed by atoms with Gasteiger partial charge in [-0.2, -0.15) is 0 Å². The largest absolute Gasteiger partial charge is 0.492 e. The Balaban J connectivity index is 1.87. The summed E-state index contributed by atoms with van der Waals surface area (Å²) in [5.41, 5.74) is 1.78. The molecule has 0 radical (unpaired) electrons. The molecule has 1 heterocycles. The molecule has 0 N–H and O–H groups in total. The second kappa shape index (κ2) is 6.01. The van der Waals surface area contributed by atoms with Crippen LogP contribution in [-0.2, 0) is 0 Å². The van der Waals surface area contributed by atoms with E-state index in [-0.39, 0.29) is 5.78 Å². The molecule has 0 bridgehead atoms. The van der Waals surface area contributed by atoms with Gasteiger partial charge in [0, 0.05) is 12.1 Å². The summed E-state index contributed by atoms with van der Waals surface area (Å²) in [6.07, 6.45) is 2.62. The first-order valence-electron chi connectivity index (χ1n) is 6.63. The Kier molecular flexibility index (Phi) is 4.37. The van der Waals surface area contributed by atoms with Crippen molar-refractivity contribution in [3.63, 3.8) is 0 Å². The molecule has 3 nitrogen and oxygen atoms in total. The summed E-state index contributed by atoms with van der Waals surface area (Å²) < 4.78 is 5.78. The van der Waals surface area contributed by atoms with Gasteiger partial charge in [-0.1, -0.05) is 0 Å². The van der Waals surface area contributed by atoms with Crippen molar-refractivity contribution in [1.82, 2.24) is 4.90 Å². The number of aryl methyl sites for hydroxylation is 1. The third-order valence-corrected chi connectivity index (χ3v) is 3.45. The molecule has 0 amide bonds. The molecule has 18 heavy (non-hydrogen) atoms. The molecule has 1 aliphatic heterocycles. The zero-order valence-corrected chi connectivity index (χ0v) is 11.2. The first kappa shape index (κ1) is 13.1. The Labute approximate surface area is 109 Å². The lowest BCUT2D eigenvalue weighted by Crippen LogP contribution is -2.25. The van der Waals surface area contributed by atoms with Crippen molar-refractivity contribution >= 4 is 5.78 Å². The van der Waals surface area contributed by atoms with Gasteiger partial charge in [0.05, 0.1) is 0 Å². The molecule has 0 aromatic heterocycles. The Morgan fingerprint density at radius 2 is 2.06 bits per heavy atom. The highest BCUT2D eigenvalue weighted by Crippen LogP contribution is 2.19. The molecule has 3 heteroatoms. The number of likely N-dealkylation sites (tertiary alicyclic amines) is 1. The maximum atomic E-state index is 11.2. The average Bonchev–Trinajstić information content (AvgIpc) is 2.84. The van der Waals surface area contributed by atoms with Gasteiger partial charge in [-0.05, 0) is 63.5 Å². The van der Waals surface area contributed by atoms with E-state index in [0.717, 1.165) is 30.0 Å². The number of Topliss-reactive ketones (excluding diaryl/α,β-unsaturated/α-hetero) is 1. The third kappa shape index (κ3) is 3.33. The molecular weight excluding hydrogens is 226 g/mol. The number of hydrogen-bond donors (Lipinski definition) is 0. The summed E-state index contributed by atoms with van der Waals surface area (Å²) in [5.74, 6) is 0.987. The Bertz CT molecular complexity index is 423. The third-order valence-electron chi connectivity index (χ3n) is 3.45. The van der Waals surface area contributed by atoms with Crippen molar-refractivity contribution in [2.24, 2.45) is 0 Å². The molecular formula is C15H21NO2. The lowest BCUT2D eigenvalue weighted by atomic mass is 10.1. The number of hydrogen-bond acceptors (Lipinski definition) is 3. The highest BCUT2D eigenvalue weighted by Gasteiger charge is 2.11. The van der Waals surface area contributed by atoms with Crippen LogP contribution in [0.2, 0.25) is 0 Å². The maximum absolute atomic E-state index is 11.2. The molecule has 1 fully saturated rings. The van der Waals surface area contributed by atoms with Gasteiger partial charge in [0.2, 0.25) is 0 Å². The lowest BCUT2D eigenvalue weighted by Gasteiger charge is -2.16. The highest BCUT2D eigenvalue weighted by atomic mass is 16.5. The average molecular weight is 247 g/mol. The number of nitrogens with zero attached hydrogens (tertiary/aromatic N) is 1. The molecule has 0 spiro atoms. The van der Waals surface area contributed by atoms with E-state index in [9.17, 15) is 4.79 Å². The van der Waals surface area contributed by atoms with Crippen LogP contribution in [0.5, 0.6) is 5.75 Å². The van der Waals surface area contributed by atoms with E-state index in [4.69, 9.17) is 4.74 Å². The molecule has 1 aliphatic rings. The van der Waals surface area contributed by atoms with E-state index < -0.39 is 0 Å². The second-order valence-corrected chi connectivity index (χ2v) is 4.93. The van der Waals surface area contributed by atoms with Crippen LogP contribution >= 0.6 is 0 Å². The van der Waals surface area contributed by atoms with E-state index in [1.807, 2.05) is 25.1 Å². The minimum Gasteiger partial charge on any atom is -0.492 e. The minimum absolute atomic E-state index is 0.0988. The number of ketones is 1. The molecule has 1 saturated heterocycles. The van der Waals surface area contributed by atoms with E-state index in [2.05, 4.69) is 4.90 Å². The fourth-order valence-corrected chi connectivity index (χ4v) is 2.32. The van der Waals surface area contributed by atoms with Crippen molar-refractivity contribution in [1.29, 1.82) is 0 Å². The van der Waals surface area contributed by atoms with Gasteiger partial charge in [0.1, 0.15) is 12.4 Å². The van der Waals surface area contributed by atoms with Crippen molar-refractivity contribution < 1.29 is 9.53 Å². The van der Waals surface area contributed by atoms with Crippen molar-refractivity contribution in [3.8, 4) is 5.75 Å². The number of ether oxygens (including phenoxy) is 1. The number of rotatable bonds is 5. The quantitative estimate of drug-likeness (QED) is 0.749. The molecule has 98 valence electrons. The van der Waals surface area contributed by atoms with Crippen LogP contribution in [-0.4, -0.2) is 36.9 Å². The van der Waals surface area contributed by atoms with Gasteiger partial charge in [-0.3, -0.25) is 9.69 Å². The monoisotopic (exact) mass is 247 g/mol. The van der Waals surface area contributed by atoms with Gasteiger partial charge >= 0.3 is 0 Å². The summed E-state index contributed by atoms with van der Waals surface area (Å²) in [6.45, 7) is 7.69. The maximum Gasteiger partial charge on any atom is 0.159 e. The predicted octanol–water partition coefficient (Wildman–Crippen LogP) is 2.67. The lowest BCUT2D eigenvalue weighted by molar-refractivity contribution is 0.101. The van der Waals surface area contributed by atoms with Gasteiger partial charge in [0.25, 0.3) is 0 Å². The number of carbonyl (C=O) groups is 1. The summed E-state index contributed by atoms with van der Waals surface area (Å²) in [6, 6.07) is 5.63.